The first-order valence-corrected chi connectivity index (χ1v) is 12.5. The third kappa shape index (κ3) is 3.91. The van der Waals surface area contributed by atoms with Gasteiger partial charge >= 0.3 is 5.69 Å². The summed E-state index contributed by atoms with van der Waals surface area (Å²) in [6, 6.07) is 4.61. The van der Waals surface area contributed by atoms with Gasteiger partial charge in [-0.05, 0) is 38.8 Å². The smallest absolute Gasteiger partial charge is 0.332 e. The monoisotopic (exact) mass is 511 g/mol. The van der Waals surface area contributed by atoms with Crippen molar-refractivity contribution in [3.8, 4) is 11.3 Å². The van der Waals surface area contributed by atoms with E-state index in [1.165, 1.54) is 47.0 Å². The molecule has 5 rings (SSSR count). The van der Waals surface area contributed by atoms with Crippen LogP contribution >= 0.6 is 11.3 Å². The molecule has 1 aliphatic rings. The minimum Gasteiger partial charge on any atom is -0.366 e. The molecule has 12 heteroatoms. The highest BCUT2D eigenvalue weighted by molar-refractivity contribution is 7.14. The van der Waals surface area contributed by atoms with Gasteiger partial charge in [-0.1, -0.05) is 6.07 Å². The number of aromatic nitrogens is 5. The fourth-order valence-corrected chi connectivity index (χ4v) is 5.37. The molecular weight excluding hydrogens is 485 g/mol. The van der Waals surface area contributed by atoms with Crippen LogP contribution in [0.15, 0.2) is 39.5 Å². The molecule has 0 bridgehead atoms. The van der Waals surface area contributed by atoms with Crippen LogP contribution in [0.2, 0.25) is 0 Å². The number of carbonyl (C=O) groups excluding carboxylic acids is 1. The number of fused-ring (bicyclic) bond motifs is 1. The summed E-state index contributed by atoms with van der Waals surface area (Å²) in [4.78, 5) is 48.5. The maximum atomic E-state index is 14.9. The largest absolute Gasteiger partial charge is 0.366 e. The Labute approximate surface area is 209 Å². The van der Waals surface area contributed by atoms with Gasteiger partial charge in [0.15, 0.2) is 16.3 Å². The van der Waals surface area contributed by atoms with E-state index in [0.29, 0.717) is 28.1 Å². The van der Waals surface area contributed by atoms with Crippen molar-refractivity contribution in [2.24, 2.45) is 14.1 Å². The molecule has 10 nitrogen and oxygen atoms in total. The van der Waals surface area contributed by atoms with Gasteiger partial charge in [0.25, 0.3) is 5.56 Å². The number of anilines is 2. The molecule has 1 saturated heterocycles. The van der Waals surface area contributed by atoms with Crippen LogP contribution in [-0.2, 0) is 18.9 Å². The lowest BCUT2D eigenvalue weighted by molar-refractivity contribution is -0.118. The first kappa shape index (κ1) is 23.9. The number of thiazole rings is 1. The summed E-state index contributed by atoms with van der Waals surface area (Å²) in [5.74, 6) is -0.702. The predicted molar refractivity (Wildman–Crippen MR) is 137 cm³/mol. The van der Waals surface area contributed by atoms with Gasteiger partial charge in [-0.15, -0.1) is 11.3 Å². The highest BCUT2D eigenvalue weighted by Crippen LogP contribution is 2.32. The van der Waals surface area contributed by atoms with Crippen molar-refractivity contribution >= 4 is 39.2 Å². The lowest BCUT2D eigenvalue weighted by atomic mass is 10.1. The van der Waals surface area contributed by atoms with Crippen LogP contribution in [0, 0.1) is 5.82 Å². The van der Waals surface area contributed by atoms with Crippen molar-refractivity contribution in [3.63, 3.8) is 0 Å². The third-order valence-corrected chi connectivity index (χ3v) is 7.57. The van der Waals surface area contributed by atoms with E-state index in [4.69, 9.17) is 0 Å². The summed E-state index contributed by atoms with van der Waals surface area (Å²) < 4.78 is 18.6. The zero-order valence-electron chi connectivity index (χ0n) is 20.4. The van der Waals surface area contributed by atoms with Gasteiger partial charge in [-0.2, -0.15) is 0 Å². The number of rotatable bonds is 5. The van der Waals surface area contributed by atoms with E-state index in [1.54, 1.807) is 18.4 Å². The number of amides is 1. The molecular formula is C24H26FN7O3S. The van der Waals surface area contributed by atoms with Crippen LogP contribution < -0.4 is 21.5 Å². The lowest BCUT2D eigenvalue weighted by Crippen LogP contribution is -2.38. The molecule has 1 aromatic carbocycles. The summed E-state index contributed by atoms with van der Waals surface area (Å²) >= 11 is 1.22. The minimum absolute atomic E-state index is 0.157. The molecule has 0 saturated carbocycles. The minimum atomic E-state index is -0.799. The zero-order valence-corrected chi connectivity index (χ0v) is 21.2. The van der Waals surface area contributed by atoms with Crippen LogP contribution in [-0.4, -0.2) is 42.2 Å². The van der Waals surface area contributed by atoms with Crippen molar-refractivity contribution in [1.82, 2.24) is 23.7 Å². The van der Waals surface area contributed by atoms with Gasteiger partial charge in [0, 0.05) is 37.6 Å². The summed E-state index contributed by atoms with van der Waals surface area (Å²) in [5, 5.41) is 4.87. The van der Waals surface area contributed by atoms with Gasteiger partial charge in [0.05, 0.1) is 17.7 Å². The molecule has 0 aliphatic carbocycles. The Morgan fingerprint density at radius 3 is 2.72 bits per heavy atom. The quantitative estimate of drug-likeness (QED) is 0.442. The predicted octanol–water partition coefficient (Wildman–Crippen LogP) is 2.88. The van der Waals surface area contributed by atoms with Crippen LogP contribution in [0.5, 0.6) is 0 Å². The number of carbonyl (C=O) groups is 1. The summed E-state index contributed by atoms with van der Waals surface area (Å²) in [7, 11) is 2.90. The molecule has 0 unspecified atom stereocenters. The maximum absolute atomic E-state index is 14.9. The Balaban J connectivity index is 1.36. The lowest BCUT2D eigenvalue weighted by Gasteiger charge is -2.24. The highest BCUT2D eigenvalue weighted by atomic mass is 32.1. The number of nitrogens with one attached hydrogen (secondary N) is 1. The Bertz CT molecular complexity index is 1600. The fourth-order valence-electron chi connectivity index (χ4n) is 4.65. The Morgan fingerprint density at radius 2 is 2.03 bits per heavy atom. The van der Waals surface area contributed by atoms with Gasteiger partial charge in [-0.3, -0.25) is 18.7 Å². The number of hydrogen-bond donors (Lipinski definition) is 1. The zero-order chi connectivity index (χ0) is 25.7. The first-order valence-electron chi connectivity index (χ1n) is 11.6. The number of aryl methyl sites for hydroxylation is 1. The number of benzene rings is 1. The number of imidazole rings is 1. The number of hydrogen-bond acceptors (Lipinski definition) is 7. The summed E-state index contributed by atoms with van der Waals surface area (Å²) in [6.07, 6.45) is 3.47. The first-order chi connectivity index (χ1) is 17.2. The van der Waals surface area contributed by atoms with E-state index in [-0.39, 0.29) is 17.0 Å². The standard InChI is InChI=1S/C24H26FN7O3S/c1-13-6-5-9-31(13)18-8-7-15(10-16(18)25)17-11-36-23(27-17)28-21(33)14(2)32-12-26-20-19(32)22(34)30(4)24(35)29(20)3/h7-8,10-14H,5-6,9H2,1-4H3,(H,27,28,33)/t13-,14-/m0/s1. The van der Waals surface area contributed by atoms with Crippen molar-refractivity contribution in [3.05, 3.63) is 56.6 Å². The third-order valence-electron chi connectivity index (χ3n) is 6.81. The molecule has 1 aliphatic heterocycles. The molecule has 188 valence electrons. The van der Waals surface area contributed by atoms with Crippen molar-refractivity contribution in [2.75, 3.05) is 16.8 Å². The Hall–Kier alpha value is -3.80. The normalized spacial score (nSPS) is 16.6. The Kier molecular flexibility index (Phi) is 5.99. The van der Waals surface area contributed by atoms with Crippen molar-refractivity contribution in [2.45, 2.75) is 38.8 Å². The van der Waals surface area contributed by atoms with Crippen LogP contribution in [0.3, 0.4) is 0 Å². The highest BCUT2D eigenvalue weighted by Gasteiger charge is 2.24. The van der Waals surface area contributed by atoms with Crippen molar-refractivity contribution < 1.29 is 9.18 Å². The maximum Gasteiger partial charge on any atom is 0.332 e. The van der Waals surface area contributed by atoms with Crippen molar-refractivity contribution in [1.29, 1.82) is 0 Å². The molecule has 1 N–H and O–H groups in total. The molecule has 2 atom stereocenters. The molecule has 3 aromatic heterocycles. The van der Waals surface area contributed by atoms with E-state index in [1.807, 2.05) is 6.07 Å². The second-order valence-corrected chi connectivity index (χ2v) is 9.94. The Morgan fingerprint density at radius 1 is 1.25 bits per heavy atom. The molecule has 36 heavy (non-hydrogen) atoms. The van der Waals surface area contributed by atoms with Gasteiger partial charge in [0.2, 0.25) is 5.91 Å². The van der Waals surface area contributed by atoms with Gasteiger partial charge in [-0.25, -0.2) is 19.2 Å². The summed E-state index contributed by atoms with van der Waals surface area (Å²) in [6.45, 7) is 4.57. The topological polar surface area (TPSA) is 107 Å². The molecule has 1 amide bonds. The fraction of sp³-hybridized carbons (Fsp3) is 0.375. The molecule has 1 fully saturated rings. The second kappa shape index (κ2) is 9.01. The average molecular weight is 512 g/mol. The molecule has 4 aromatic rings. The van der Waals surface area contributed by atoms with Gasteiger partial charge < -0.3 is 14.8 Å². The number of nitrogens with zero attached hydrogens (tertiary/aromatic N) is 6. The van der Waals surface area contributed by atoms with E-state index >= 15 is 0 Å². The SMILES string of the molecule is C[C@H]1CCCN1c1ccc(-c2csc(NC(=O)[C@H](C)n3cnc4c3c(=O)n(C)c(=O)n4C)n2)cc1F. The second-order valence-electron chi connectivity index (χ2n) is 9.08. The molecule has 0 radical (unpaired) electrons. The van der Waals surface area contributed by atoms with E-state index in [2.05, 4.69) is 27.1 Å². The van der Waals surface area contributed by atoms with E-state index in [0.717, 1.165) is 24.0 Å². The summed E-state index contributed by atoms with van der Waals surface area (Å²) in [5.41, 5.74) is 1.11. The van der Waals surface area contributed by atoms with Crippen LogP contribution in [0.1, 0.15) is 32.7 Å². The van der Waals surface area contributed by atoms with E-state index < -0.39 is 23.2 Å². The number of halogens is 1. The molecule has 0 spiro atoms. The molecule has 4 heterocycles. The van der Waals surface area contributed by atoms with Crippen LogP contribution in [0.4, 0.5) is 15.2 Å². The van der Waals surface area contributed by atoms with E-state index in [9.17, 15) is 18.8 Å². The average Bonchev–Trinajstić information content (AvgIpc) is 3.61. The van der Waals surface area contributed by atoms with Gasteiger partial charge in [0.1, 0.15) is 11.9 Å². The van der Waals surface area contributed by atoms with Crippen LogP contribution in [0.25, 0.3) is 22.4 Å².